The summed E-state index contributed by atoms with van der Waals surface area (Å²) < 4.78 is 12.0. The Labute approximate surface area is 134 Å². The number of furan rings is 1. The lowest BCUT2D eigenvalue weighted by molar-refractivity contribution is 0.411. The number of nitrogens with one attached hydrogen (secondary N) is 1. The summed E-state index contributed by atoms with van der Waals surface area (Å²) in [6.45, 7) is 7.12. The molecule has 3 nitrogen and oxygen atoms in total. The first-order valence-corrected chi connectivity index (χ1v) is 7.99. The van der Waals surface area contributed by atoms with E-state index in [0.29, 0.717) is 0 Å². The third kappa shape index (κ3) is 3.69. The number of hydrogen-bond donors (Lipinski definition) is 1. The van der Waals surface area contributed by atoms with Crippen LogP contribution in [-0.4, -0.2) is 13.7 Å². The van der Waals surface area contributed by atoms with Crippen molar-refractivity contribution in [2.45, 2.75) is 33.2 Å². The third-order valence-corrected chi connectivity index (χ3v) is 4.12. The molecule has 0 aliphatic rings. The van der Waals surface area contributed by atoms with Gasteiger partial charge in [0.25, 0.3) is 0 Å². The van der Waals surface area contributed by atoms with Gasteiger partial charge in [0, 0.05) is 5.56 Å². The van der Waals surface area contributed by atoms with Crippen LogP contribution in [0.1, 0.15) is 42.0 Å². The van der Waals surface area contributed by atoms with Gasteiger partial charge < -0.3 is 14.5 Å². The van der Waals surface area contributed by atoms with Crippen molar-refractivity contribution in [3.63, 3.8) is 0 Å². The van der Waals surface area contributed by atoms with E-state index in [-0.39, 0.29) is 6.04 Å². The number of methoxy groups -OCH3 is 1. The summed E-state index contributed by atoms with van der Waals surface area (Å²) in [5.41, 5.74) is 2.39. The molecule has 0 aliphatic heterocycles. The third-order valence-electron chi connectivity index (χ3n) is 3.50. The van der Waals surface area contributed by atoms with Crippen molar-refractivity contribution in [3.8, 4) is 5.75 Å². The molecule has 0 aliphatic carbocycles. The Morgan fingerprint density at radius 1 is 1.29 bits per heavy atom. The standard InChI is InChI=1S/C17H22BrNO2/c1-5-8-19-17(14-9-11(2)21-12(14)3)13-6-7-16(20-4)15(18)10-13/h6-7,9-10,17,19H,5,8H2,1-4H3. The minimum absolute atomic E-state index is 0.129. The molecule has 1 N–H and O–H groups in total. The van der Waals surface area contributed by atoms with Crippen LogP contribution in [0.25, 0.3) is 0 Å². The zero-order valence-corrected chi connectivity index (χ0v) is 14.6. The van der Waals surface area contributed by atoms with Crippen LogP contribution in [0.2, 0.25) is 0 Å². The van der Waals surface area contributed by atoms with Gasteiger partial charge in [-0.1, -0.05) is 13.0 Å². The molecule has 1 heterocycles. The minimum Gasteiger partial charge on any atom is -0.496 e. The average Bonchev–Trinajstić information content (AvgIpc) is 2.78. The van der Waals surface area contributed by atoms with E-state index in [0.717, 1.165) is 34.7 Å². The van der Waals surface area contributed by atoms with Gasteiger partial charge in [-0.2, -0.15) is 0 Å². The van der Waals surface area contributed by atoms with E-state index in [4.69, 9.17) is 9.15 Å². The molecule has 21 heavy (non-hydrogen) atoms. The molecular weight excluding hydrogens is 330 g/mol. The lowest BCUT2D eigenvalue weighted by atomic mass is 9.98. The van der Waals surface area contributed by atoms with E-state index in [9.17, 15) is 0 Å². The number of aryl methyl sites for hydroxylation is 2. The fraction of sp³-hybridized carbons (Fsp3) is 0.412. The summed E-state index contributed by atoms with van der Waals surface area (Å²) in [4.78, 5) is 0. The van der Waals surface area contributed by atoms with Crippen LogP contribution < -0.4 is 10.1 Å². The molecule has 0 saturated heterocycles. The second-order valence-electron chi connectivity index (χ2n) is 5.15. The first-order chi connectivity index (χ1) is 10.1. The molecule has 1 aromatic carbocycles. The van der Waals surface area contributed by atoms with Crippen molar-refractivity contribution in [2.24, 2.45) is 0 Å². The first-order valence-electron chi connectivity index (χ1n) is 7.20. The SMILES string of the molecule is CCCNC(c1ccc(OC)c(Br)c1)c1cc(C)oc1C. The van der Waals surface area contributed by atoms with Crippen molar-refractivity contribution in [1.82, 2.24) is 5.32 Å². The minimum atomic E-state index is 0.129. The van der Waals surface area contributed by atoms with Gasteiger partial charge in [-0.05, 0) is 66.5 Å². The van der Waals surface area contributed by atoms with Crippen LogP contribution in [-0.2, 0) is 0 Å². The summed E-state index contributed by atoms with van der Waals surface area (Å²) in [6, 6.07) is 8.43. The van der Waals surface area contributed by atoms with Gasteiger partial charge in [-0.25, -0.2) is 0 Å². The largest absolute Gasteiger partial charge is 0.496 e. The molecule has 114 valence electrons. The molecular formula is C17H22BrNO2. The topological polar surface area (TPSA) is 34.4 Å². The highest BCUT2D eigenvalue weighted by atomic mass is 79.9. The highest BCUT2D eigenvalue weighted by molar-refractivity contribution is 9.10. The van der Waals surface area contributed by atoms with Gasteiger partial charge >= 0.3 is 0 Å². The molecule has 1 aromatic heterocycles. The summed E-state index contributed by atoms with van der Waals surface area (Å²) in [7, 11) is 1.68. The fourth-order valence-corrected chi connectivity index (χ4v) is 3.05. The molecule has 2 rings (SSSR count). The number of benzene rings is 1. The number of rotatable bonds is 6. The van der Waals surface area contributed by atoms with Crippen LogP contribution in [0.3, 0.4) is 0 Å². The van der Waals surface area contributed by atoms with Gasteiger partial charge in [0.05, 0.1) is 17.6 Å². The van der Waals surface area contributed by atoms with Crippen LogP contribution in [0, 0.1) is 13.8 Å². The van der Waals surface area contributed by atoms with E-state index in [2.05, 4.69) is 46.4 Å². The zero-order chi connectivity index (χ0) is 15.4. The van der Waals surface area contributed by atoms with Crippen LogP contribution in [0.15, 0.2) is 33.2 Å². The molecule has 1 atom stereocenters. The lowest BCUT2D eigenvalue weighted by Crippen LogP contribution is -2.23. The van der Waals surface area contributed by atoms with Gasteiger partial charge in [0.1, 0.15) is 17.3 Å². The van der Waals surface area contributed by atoms with Crippen molar-refractivity contribution < 1.29 is 9.15 Å². The van der Waals surface area contributed by atoms with Crippen molar-refractivity contribution >= 4 is 15.9 Å². The predicted molar refractivity (Wildman–Crippen MR) is 89.0 cm³/mol. The van der Waals surface area contributed by atoms with Crippen LogP contribution in [0.5, 0.6) is 5.75 Å². The molecule has 0 bridgehead atoms. The average molecular weight is 352 g/mol. The summed E-state index contributed by atoms with van der Waals surface area (Å²) in [5, 5.41) is 3.60. The second kappa shape index (κ2) is 7.14. The van der Waals surface area contributed by atoms with Gasteiger partial charge in [-0.15, -0.1) is 0 Å². The maximum atomic E-state index is 5.70. The Bertz CT molecular complexity index is 607. The zero-order valence-electron chi connectivity index (χ0n) is 13.0. The Balaban J connectivity index is 2.40. The highest BCUT2D eigenvalue weighted by Gasteiger charge is 2.19. The molecule has 0 amide bonds. The van der Waals surface area contributed by atoms with E-state index >= 15 is 0 Å². The maximum Gasteiger partial charge on any atom is 0.133 e. The van der Waals surface area contributed by atoms with Crippen molar-refractivity contribution in [2.75, 3.05) is 13.7 Å². The second-order valence-corrected chi connectivity index (χ2v) is 6.00. The highest BCUT2D eigenvalue weighted by Crippen LogP contribution is 2.32. The van der Waals surface area contributed by atoms with Crippen molar-refractivity contribution in [3.05, 3.63) is 51.4 Å². The molecule has 2 aromatic rings. The molecule has 4 heteroatoms. The lowest BCUT2D eigenvalue weighted by Gasteiger charge is -2.19. The summed E-state index contributed by atoms with van der Waals surface area (Å²) in [6.07, 6.45) is 1.09. The number of hydrogen-bond acceptors (Lipinski definition) is 3. The number of ether oxygens (including phenoxy) is 1. The quantitative estimate of drug-likeness (QED) is 0.814. The fourth-order valence-electron chi connectivity index (χ4n) is 2.50. The maximum absolute atomic E-state index is 5.70. The summed E-state index contributed by atoms with van der Waals surface area (Å²) >= 11 is 3.56. The predicted octanol–water partition coefficient (Wildman–Crippen LogP) is 4.76. The van der Waals surface area contributed by atoms with Gasteiger partial charge in [0.2, 0.25) is 0 Å². The molecule has 0 saturated carbocycles. The van der Waals surface area contributed by atoms with Crippen LogP contribution in [0.4, 0.5) is 0 Å². The first kappa shape index (κ1) is 16.1. The monoisotopic (exact) mass is 351 g/mol. The van der Waals surface area contributed by atoms with E-state index in [1.54, 1.807) is 7.11 Å². The molecule has 1 unspecified atom stereocenters. The van der Waals surface area contributed by atoms with E-state index in [1.807, 2.05) is 19.9 Å². The Hall–Kier alpha value is -1.26. The van der Waals surface area contributed by atoms with E-state index < -0.39 is 0 Å². The van der Waals surface area contributed by atoms with Gasteiger partial charge in [-0.3, -0.25) is 0 Å². The molecule has 0 fully saturated rings. The molecule has 0 radical (unpaired) electrons. The summed E-state index contributed by atoms with van der Waals surface area (Å²) in [5.74, 6) is 2.75. The smallest absolute Gasteiger partial charge is 0.133 e. The van der Waals surface area contributed by atoms with Gasteiger partial charge in [0.15, 0.2) is 0 Å². The van der Waals surface area contributed by atoms with Crippen LogP contribution >= 0.6 is 15.9 Å². The number of halogens is 1. The van der Waals surface area contributed by atoms with Crippen molar-refractivity contribution in [1.29, 1.82) is 0 Å². The Morgan fingerprint density at radius 2 is 2.05 bits per heavy atom. The molecule has 0 spiro atoms. The Morgan fingerprint density at radius 3 is 2.57 bits per heavy atom. The normalized spacial score (nSPS) is 12.4. The Kier molecular flexibility index (Phi) is 5.48. The van der Waals surface area contributed by atoms with E-state index in [1.165, 1.54) is 11.1 Å².